The highest BCUT2D eigenvalue weighted by Gasteiger charge is 2.26. The summed E-state index contributed by atoms with van der Waals surface area (Å²) in [4.78, 5) is 21.1. The van der Waals surface area contributed by atoms with Crippen molar-refractivity contribution in [2.24, 2.45) is 0 Å². The normalized spacial score (nSPS) is 16.8. The predicted molar refractivity (Wildman–Crippen MR) is 106 cm³/mol. The van der Waals surface area contributed by atoms with Gasteiger partial charge in [0.05, 0.1) is 12.6 Å². The van der Waals surface area contributed by atoms with Crippen LogP contribution in [0.2, 0.25) is 0 Å². The molecule has 2 aromatic rings. The van der Waals surface area contributed by atoms with E-state index in [0.29, 0.717) is 31.4 Å². The first-order chi connectivity index (χ1) is 13.7. The van der Waals surface area contributed by atoms with Crippen molar-refractivity contribution in [3.8, 4) is 11.4 Å². The van der Waals surface area contributed by atoms with Crippen molar-refractivity contribution in [1.82, 2.24) is 25.3 Å². The van der Waals surface area contributed by atoms with E-state index >= 15 is 0 Å². The average molecular weight is 387 g/mol. The number of rotatable bonds is 9. The summed E-state index contributed by atoms with van der Waals surface area (Å²) in [6.45, 7) is 7.25. The fraction of sp³-hybridized carbons (Fsp3) is 0.550. The number of nitrogens with zero attached hydrogens (tertiary/aromatic N) is 4. The molecule has 1 amide bonds. The van der Waals surface area contributed by atoms with Crippen molar-refractivity contribution in [2.75, 3.05) is 53.0 Å². The van der Waals surface area contributed by atoms with E-state index < -0.39 is 0 Å². The van der Waals surface area contributed by atoms with Gasteiger partial charge in [-0.05, 0) is 13.3 Å². The Morgan fingerprint density at radius 2 is 2.00 bits per heavy atom. The molecule has 1 fully saturated rings. The summed E-state index contributed by atoms with van der Waals surface area (Å²) in [6.07, 6.45) is 0.836. The summed E-state index contributed by atoms with van der Waals surface area (Å²) < 4.78 is 10.5. The summed E-state index contributed by atoms with van der Waals surface area (Å²) >= 11 is 0. The lowest BCUT2D eigenvalue weighted by Crippen LogP contribution is -2.50. The minimum Gasteiger partial charge on any atom is -0.385 e. The third-order valence-corrected chi connectivity index (χ3v) is 5.00. The maximum absolute atomic E-state index is 12.0. The number of carbonyl (C=O) groups excluding carboxylic acids is 1. The van der Waals surface area contributed by atoms with Crippen LogP contribution in [0.4, 0.5) is 0 Å². The Labute approximate surface area is 165 Å². The van der Waals surface area contributed by atoms with Crippen LogP contribution in [0.5, 0.6) is 0 Å². The number of methoxy groups -OCH3 is 1. The first kappa shape index (κ1) is 20.4. The molecule has 8 heteroatoms. The number of piperazine rings is 1. The van der Waals surface area contributed by atoms with Gasteiger partial charge in [0.2, 0.25) is 17.6 Å². The first-order valence-corrected chi connectivity index (χ1v) is 9.78. The molecule has 0 aliphatic carbocycles. The van der Waals surface area contributed by atoms with Crippen molar-refractivity contribution >= 4 is 5.91 Å². The molecule has 1 aliphatic heterocycles. The van der Waals surface area contributed by atoms with E-state index in [2.05, 4.69) is 32.2 Å². The molecule has 1 aromatic carbocycles. The zero-order valence-corrected chi connectivity index (χ0v) is 16.6. The maximum Gasteiger partial charge on any atom is 0.244 e. The fourth-order valence-electron chi connectivity index (χ4n) is 3.28. The van der Waals surface area contributed by atoms with Crippen molar-refractivity contribution < 1.29 is 14.1 Å². The molecule has 1 atom stereocenters. The smallest absolute Gasteiger partial charge is 0.244 e. The van der Waals surface area contributed by atoms with Gasteiger partial charge in [0.15, 0.2) is 0 Å². The van der Waals surface area contributed by atoms with Gasteiger partial charge in [-0.3, -0.25) is 14.6 Å². The topological polar surface area (TPSA) is 83.7 Å². The third-order valence-electron chi connectivity index (χ3n) is 5.00. The molecule has 1 aromatic heterocycles. The Bertz CT molecular complexity index is 728. The van der Waals surface area contributed by atoms with Gasteiger partial charge < -0.3 is 14.6 Å². The SMILES string of the molecule is COCCCNC(=O)CN1CCN(C(C)c2nc(-c3ccccc3)no2)CC1. The molecule has 2 heterocycles. The fourth-order valence-corrected chi connectivity index (χ4v) is 3.28. The van der Waals surface area contributed by atoms with Crippen LogP contribution in [0.15, 0.2) is 34.9 Å². The molecular formula is C20H29N5O3. The highest BCUT2D eigenvalue weighted by Crippen LogP contribution is 2.23. The van der Waals surface area contributed by atoms with E-state index in [4.69, 9.17) is 9.26 Å². The van der Waals surface area contributed by atoms with Crippen LogP contribution in [0.1, 0.15) is 25.3 Å². The van der Waals surface area contributed by atoms with Crippen LogP contribution in [-0.2, 0) is 9.53 Å². The van der Waals surface area contributed by atoms with E-state index in [-0.39, 0.29) is 11.9 Å². The molecule has 152 valence electrons. The Morgan fingerprint density at radius 3 is 2.71 bits per heavy atom. The van der Waals surface area contributed by atoms with Gasteiger partial charge in [-0.25, -0.2) is 0 Å². The molecule has 1 unspecified atom stereocenters. The summed E-state index contributed by atoms with van der Waals surface area (Å²) in [6, 6.07) is 9.88. The quantitative estimate of drug-likeness (QED) is 0.654. The number of aromatic nitrogens is 2. The molecular weight excluding hydrogens is 358 g/mol. The monoisotopic (exact) mass is 387 g/mol. The highest BCUT2D eigenvalue weighted by atomic mass is 16.5. The minimum atomic E-state index is 0.0509. The van der Waals surface area contributed by atoms with E-state index in [1.807, 2.05) is 30.3 Å². The van der Waals surface area contributed by atoms with Gasteiger partial charge in [0.1, 0.15) is 0 Å². The first-order valence-electron chi connectivity index (χ1n) is 9.78. The Balaban J connectivity index is 1.44. The maximum atomic E-state index is 12.0. The summed E-state index contributed by atoms with van der Waals surface area (Å²) in [7, 11) is 1.67. The molecule has 28 heavy (non-hydrogen) atoms. The molecule has 0 radical (unpaired) electrons. The zero-order valence-electron chi connectivity index (χ0n) is 16.6. The number of hydrogen-bond donors (Lipinski definition) is 1. The van der Waals surface area contributed by atoms with Crippen LogP contribution in [0.3, 0.4) is 0 Å². The Hall–Kier alpha value is -2.29. The second-order valence-corrected chi connectivity index (χ2v) is 7.01. The Kier molecular flexibility index (Phi) is 7.53. The van der Waals surface area contributed by atoms with E-state index in [0.717, 1.165) is 38.2 Å². The number of hydrogen-bond acceptors (Lipinski definition) is 7. The number of nitrogens with one attached hydrogen (secondary N) is 1. The predicted octanol–water partition coefficient (Wildman–Crippen LogP) is 1.57. The van der Waals surface area contributed by atoms with Crippen LogP contribution in [-0.4, -0.2) is 78.8 Å². The van der Waals surface area contributed by atoms with E-state index in [9.17, 15) is 4.79 Å². The largest absolute Gasteiger partial charge is 0.385 e. The highest BCUT2D eigenvalue weighted by molar-refractivity contribution is 5.77. The number of ether oxygens (including phenoxy) is 1. The third kappa shape index (κ3) is 5.60. The van der Waals surface area contributed by atoms with E-state index in [1.165, 1.54) is 0 Å². The molecule has 1 saturated heterocycles. The molecule has 1 N–H and O–H groups in total. The van der Waals surface area contributed by atoms with Gasteiger partial charge in [-0.15, -0.1) is 0 Å². The van der Waals surface area contributed by atoms with Crippen LogP contribution in [0, 0.1) is 0 Å². The average Bonchev–Trinajstić information content (AvgIpc) is 3.22. The van der Waals surface area contributed by atoms with Gasteiger partial charge in [-0.1, -0.05) is 35.5 Å². The van der Waals surface area contributed by atoms with Crippen LogP contribution in [0.25, 0.3) is 11.4 Å². The molecule has 0 bridgehead atoms. The van der Waals surface area contributed by atoms with Gasteiger partial charge >= 0.3 is 0 Å². The molecule has 0 saturated carbocycles. The Morgan fingerprint density at radius 1 is 1.25 bits per heavy atom. The van der Waals surface area contributed by atoms with E-state index in [1.54, 1.807) is 7.11 Å². The number of benzene rings is 1. The summed E-state index contributed by atoms with van der Waals surface area (Å²) in [5.41, 5.74) is 0.950. The second kappa shape index (κ2) is 10.3. The summed E-state index contributed by atoms with van der Waals surface area (Å²) in [5, 5.41) is 7.05. The van der Waals surface area contributed by atoms with Crippen LogP contribution >= 0.6 is 0 Å². The van der Waals surface area contributed by atoms with Crippen molar-refractivity contribution in [3.63, 3.8) is 0 Å². The van der Waals surface area contributed by atoms with Crippen molar-refractivity contribution in [1.29, 1.82) is 0 Å². The van der Waals surface area contributed by atoms with Gasteiger partial charge in [0.25, 0.3) is 0 Å². The second-order valence-electron chi connectivity index (χ2n) is 7.01. The molecule has 1 aliphatic rings. The minimum absolute atomic E-state index is 0.0509. The number of carbonyl (C=O) groups is 1. The van der Waals surface area contributed by atoms with Crippen molar-refractivity contribution in [2.45, 2.75) is 19.4 Å². The van der Waals surface area contributed by atoms with Gasteiger partial charge in [-0.2, -0.15) is 4.98 Å². The lowest BCUT2D eigenvalue weighted by Gasteiger charge is -2.36. The molecule has 8 nitrogen and oxygen atoms in total. The standard InChI is InChI=1S/C20H29N5O3/c1-16(20-22-19(23-28-20)17-7-4-3-5-8-17)25-12-10-24(11-13-25)15-18(26)21-9-6-14-27-2/h3-5,7-8,16H,6,9-15H2,1-2H3,(H,21,26). The number of amides is 1. The summed E-state index contributed by atoms with van der Waals surface area (Å²) in [5.74, 6) is 1.32. The van der Waals surface area contributed by atoms with Gasteiger partial charge in [0, 0.05) is 52.0 Å². The molecule has 0 spiro atoms. The molecule has 3 rings (SSSR count). The van der Waals surface area contributed by atoms with Crippen LogP contribution < -0.4 is 5.32 Å². The lowest BCUT2D eigenvalue weighted by atomic mass is 10.2. The lowest BCUT2D eigenvalue weighted by molar-refractivity contribution is -0.122. The van der Waals surface area contributed by atoms with Crippen molar-refractivity contribution in [3.05, 3.63) is 36.2 Å². The zero-order chi connectivity index (χ0) is 19.8.